The van der Waals surface area contributed by atoms with Gasteiger partial charge in [0.05, 0.1) is 42.7 Å². The number of aliphatic hydroxyl groups excluding tert-OH is 1. The Morgan fingerprint density at radius 2 is 1.77 bits per heavy atom. The number of nitrogens with one attached hydrogen (secondary N) is 1. The van der Waals surface area contributed by atoms with Gasteiger partial charge in [0.15, 0.2) is 0 Å². The fourth-order valence-electron chi connectivity index (χ4n) is 3.55. The molecule has 0 spiro atoms. The van der Waals surface area contributed by atoms with E-state index in [2.05, 4.69) is 0 Å². The quantitative estimate of drug-likeness (QED) is 0.503. The Morgan fingerprint density at radius 1 is 1.10 bits per heavy atom. The van der Waals surface area contributed by atoms with E-state index in [-0.39, 0.29) is 18.1 Å². The first-order valence-corrected chi connectivity index (χ1v) is 10.8. The Hall–Kier alpha value is -3.03. The average molecular weight is 456 g/mol. The Balaban J connectivity index is 1.71. The molecule has 0 aliphatic carbocycles. The van der Waals surface area contributed by atoms with E-state index in [1.54, 1.807) is 17.0 Å². The van der Waals surface area contributed by atoms with Crippen LogP contribution in [0.5, 0.6) is 11.5 Å². The Kier molecular flexibility index (Phi) is 5.64. The number of aryl methyl sites for hydroxylation is 2. The summed E-state index contributed by atoms with van der Waals surface area (Å²) < 4.78 is 10.8. The third-order valence-electron chi connectivity index (χ3n) is 5.18. The third-order valence-corrected chi connectivity index (χ3v) is 6.47. The van der Waals surface area contributed by atoms with Gasteiger partial charge in [0.2, 0.25) is 0 Å². The summed E-state index contributed by atoms with van der Waals surface area (Å²) in [6, 6.07) is 11.5. The third kappa shape index (κ3) is 3.75. The van der Waals surface area contributed by atoms with E-state index >= 15 is 0 Å². The van der Waals surface area contributed by atoms with Gasteiger partial charge in [-0.1, -0.05) is 41.4 Å². The number of hydrogen-bond acceptors (Lipinski definition) is 6. The zero-order valence-corrected chi connectivity index (χ0v) is 19.2. The molecule has 6 nitrogen and oxygen atoms in total. The number of hydrogen-bond donors (Lipinski definition) is 2. The summed E-state index contributed by atoms with van der Waals surface area (Å²) in [5.74, 6) is 1.18. The van der Waals surface area contributed by atoms with Gasteiger partial charge < -0.3 is 19.5 Å². The molecule has 0 bridgehead atoms. The van der Waals surface area contributed by atoms with E-state index in [0.29, 0.717) is 32.8 Å². The van der Waals surface area contributed by atoms with Crippen molar-refractivity contribution in [3.05, 3.63) is 62.6 Å². The van der Waals surface area contributed by atoms with Crippen LogP contribution in [0.2, 0.25) is 5.02 Å². The number of halogens is 1. The van der Waals surface area contributed by atoms with Crippen molar-refractivity contribution in [3.63, 3.8) is 0 Å². The van der Waals surface area contributed by atoms with Crippen LogP contribution in [0.3, 0.4) is 0 Å². The van der Waals surface area contributed by atoms with Crippen molar-refractivity contribution in [1.82, 2.24) is 4.98 Å². The summed E-state index contributed by atoms with van der Waals surface area (Å²) in [6.45, 7) is 4.17. The van der Waals surface area contributed by atoms with E-state index in [0.717, 1.165) is 16.1 Å². The van der Waals surface area contributed by atoms with Crippen LogP contribution in [0.25, 0.3) is 16.8 Å². The highest BCUT2D eigenvalue weighted by Crippen LogP contribution is 2.42. The molecule has 1 aliphatic rings. The van der Waals surface area contributed by atoms with Crippen LogP contribution in [-0.4, -0.2) is 36.7 Å². The lowest BCUT2D eigenvalue weighted by Gasteiger charge is -2.22. The molecular formula is C23H22ClN3O3S. The molecule has 160 valence electrons. The number of benzene rings is 2. The predicted octanol–water partition coefficient (Wildman–Crippen LogP) is 5.86. The normalized spacial score (nSPS) is 13.8. The average Bonchev–Trinajstić information content (AvgIpc) is 3.27. The summed E-state index contributed by atoms with van der Waals surface area (Å²) in [5.41, 5.74) is 4.05. The molecule has 1 aromatic heterocycles. The number of rotatable bonds is 5. The van der Waals surface area contributed by atoms with Gasteiger partial charge in [-0.25, -0.2) is 4.98 Å². The van der Waals surface area contributed by atoms with Gasteiger partial charge in [0.1, 0.15) is 28.1 Å². The molecule has 2 aromatic carbocycles. The highest BCUT2D eigenvalue weighted by molar-refractivity contribution is 7.13. The van der Waals surface area contributed by atoms with Crippen molar-refractivity contribution < 1.29 is 14.6 Å². The minimum atomic E-state index is 0.0881. The Morgan fingerprint density at radius 3 is 2.42 bits per heavy atom. The monoisotopic (exact) mass is 455 g/mol. The lowest BCUT2D eigenvalue weighted by Crippen LogP contribution is -2.26. The van der Waals surface area contributed by atoms with Gasteiger partial charge in [0, 0.05) is 22.6 Å². The van der Waals surface area contributed by atoms with Crippen molar-refractivity contribution in [2.24, 2.45) is 0 Å². The second-order valence-corrected chi connectivity index (χ2v) is 8.82. The molecule has 0 saturated heterocycles. The molecule has 1 aliphatic heterocycles. The molecule has 2 N–H and O–H groups in total. The predicted molar refractivity (Wildman–Crippen MR) is 126 cm³/mol. The molecule has 4 rings (SSSR count). The zero-order chi connectivity index (χ0) is 22.3. The van der Waals surface area contributed by atoms with Crippen molar-refractivity contribution in [3.8, 4) is 22.8 Å². The van der Waals surface area contributed by atoms with Crippen LogP contribution in [0, 0.1) is 19.3 Å². The number of ether oxygens (including phenoxy) is 2. The van der Waals surface area contributed by atoms with E-state index in [4.69, 9.17) is 31.5 Å². The molecule has 0 amide bonds. The molecule has 3 aromatic rings. The van der Waals surface area contributed by atoms with Crippen LogP contribution in [0.4, 0.5) is 5.69 Å². The zero-order valence-electron chi connectivity index (χ0n) is 17.6. The highest BCUT2D eigenvalue weighted by Gasteiger charge is 2.33. The van der Waals surface area contributed by atoms with E-state index < -0.39 is 0 Å². The van der Waals surface area contributed by atoms with Crippen LogP contribution >= 0.6 is 22.9 Å². The molecule has 0 radical (unpaired) electrons. The van der Waals surface area contributed by atoms with Crippen LogP contribution in [0.15, 0.2) is 42.2 Å². The summed E-state index contributed by atoms with van der Waals surface area (Å²) in [5, 5.41) is 20.6. The smallest absolute Gasteiger partial charge is 0.144 e. The first kappa shape index (κ1) is 21.2. The molecular weight excluding hydrogens is 434 g/mol. The first-order valence-electron chi connectivity index (χ1n) is 9.59. The van der Waals surface area contributed by atoms with Crippen LogP contribution < -0.4 is 14.4 Å². The number of aromatic nitrogens is 1. The second kappa shape index (κ2) is 8.24. The molecule has 0 saturated carbocycles. The van der Waals surface area contributed by atoms with Crippen molar-refractivity contribution in [2.75, 3.05) is 25.7 Å². The number of aliphatic hydroxyl groups is 1. The number of methoxy groups -OCH3 is 2. The van der Waals surface area contributed by atoms with Gasteiger partial charge in [-0.05, 0) is 13.8 Å². The lowest BCUT2D eigenvalue weighted by molar-refractivity contribution is 0.400. The van der Waals surface area contributed by atoms with Crippen molar-refractivity contribution in [2.45, 2.75) is 13.8 Å². The summed E-state index contributed by atoms with van der Waals surface area (Å²) >= 11 is 7.68. The van der Waals surface area contributed by atoms with E-state index in [1.165, 1.54) is 31.1 Å². The molecule has 0 fully saturated rings. The summed E-state index contributed by atoms with van der Waals surface area (Å²) in [6.07, 6.45) is 0. The lowest BCUT2D eigenvalue weighted by atomic mass is 10.1. The topological polar surface area (TPSA) is 78.7 Å². The van der Waals surface area contributed by atoms with E-state index in [1.807, 2.05) is 38.1 Å². The second-order valence-electron chi connectivity index (χ2n) is 7.20. The molecule has 8 heteroatoms. The number of amidine groups is 1. The van der Waals surface area contributed by atoms with Gasteiger partial charge in [0.25, 0.3) is 0 Å². The fraction of sp³-hybridized carbons (Fsp3) is 0.217. The van der Waals surface area contributed by atoms with Crippen LogP contribution in [-0.2, 0) is 0 Å². The maximum atomic E-state index is 10.8. The van der Waals surface area contributed by atoms with Crippen LogP contribution in [0.1, 0.15) is 15.4 Å². The van der Waals surface area contributed by atoms with Gasteiger partial charge >= 0.3 is 0 Å². The minimum absolute atomic E-state index is 0.0881. The van der Waals surface area contributed by atoms with Crippen molar-refractivity contribution in [1.29, 1.82) is 5.41 Å². The molecule has 0 unspecified atom stereocenters. The molecule has 2 heterocycles. The van der Waals surface area contributed by atoms with Gasteiger partial charge in [-0.3, -0.25) is 5.41 Å². The van der Waals surface area contributed by atoms with Crippen molar-refractivity contribution >= 4 is 40.0 Å². The first-order chi connectivity index (χ1) is 14.8. The Bertz CT molecular complexity index is 1200. The number of thiazole rings is 1. The maximum absolute atomic E-state index is 10.8. The standard InChI is InChI=1S/C23H22ClN3O3S/c1-12-5-7-14(8-6-12)21-13(2)31-23(26-21)20-17(28)11-27(22(20)25)16-10-18(29-3)15(24)9-19(16)30-4/h5-10,25,28H,11H2,1-4H3. The molecule has 31 heavy (non-hydrogen) atoms. The largest absolute Gasteiger partial charge is 0.510 e. The SMILES string of the molecule is COc1cc(N2CC(O)=C(c3nc(-c4ccc(C)cc4)c(C)s3)C2=N)c(OC)cc1Cl. The van der Waals surface area contributed by atoms with E-state index in [9.17, 15) is 5.11 Å². The highest BCUT2D eigenvalue weighted by atomic mass is 35.5. The van der Waals surface area contributed by atoms with Gasteiger partial charge in [-0.15, -0.1) is 11.3 Å². The summed E-state index contributed by atoms with van der Waals surface area (Å²) in [7, 11) is 3.06. The minimum Gasteiger partial charge on any atom is -0.510 e. The van der Waals surface area contributed by atoms with Gasteiger partial charge in [-0.2, -0.15) is 0 Å². The number of nitrogens with zero attached hydrogens (tertiary/aromatic N) is 2. The molecule has 0 atom stereocenters. The summed E-state index contributed by atoms with van der Waals surface area (Å²) in [4.78, 5) is 7.45. The fourth-order valence-corrected chi connectivity index (χ4v) is 4.78. The number of anilines is 1. The Labute approximate surface area is 189 Å². The maximum Gasteiger partial charge on any atom is 0.144 e.